The Bertz CT molecular complexity index is 2230. The Hall–Kier alpha value is -5.69. The number of allylic oxidation sites excluding steroid dienone is 4. The van der Waals surface area contributed by atoms with Crippen molar-refractivity contribution < 1.29 is 42.9 Å². The van der Waals surface area contributed by atoms with Gasteiger partial charge < -0.3 is 66.3 Å². The molecule has 3 rings (SSSR count). The molecule has 0 fully saturated rings. The summed E-state index contributed by atoms with van der Waals surface area (Å²) in [5.74, 6) is -1.79. The second kappa shape index (κ2) is 29.2. The third-order valence-corrected chi connectivity index (χ3v) is 11.0. The molecular weight excluding hydrogens is 861 g/mol. The van der Waals surface area contributed by atoms with E-state index in [1.165, 1.54) is 19.2 Å². The van der Waals surface area contributed by atoms with E-state index >= 15 is 0 Å². The van der Waals surface area contributed by atoms with Gasteiger partial charge in [0.15, 0.2) is 24.7 Å². The van der Waals surface area contributed by atoms with E-state index in [9.17, 15) is 29.1 Å². The highest BCUT2D eigenvalue weighted by Gasteiger charge is 2.27. The number of nitrogens with two attached hydrogens (primary N) is 1. The largest absolute Gasteiger partial charge is 0.507 e. The second-order valence-corrected chi connectivity index (χ2v) is 16.7. The van der Waals surface area contributed by atoms with Gasteiger partial charge in [-0.2, -0.15) is 0 Å². The summed E-state index contributed by atoms with van der Waals surface area (Å²) in [5.41, 5.74) is 7.81. The highest BCUT2D eigenvalue weighted by Crippen LogP contribution is 2.41. The lowest BCUT2D eigenvalue weighted by Crippen LogP contribution is -2.49. The lowest BCUT2D eigenvalue weighted by molar-refractivity contribution is -0.130. The van der Waals surface area contributed by atoms with Crippen LogP contribution in [0.15, 0.2) is 44.6 Å². The molecule has 67 heavy (non-hydrogen) atoms. The van der Waals surface area contributed by atoms with Crippen molar-refractivity contribution in [1.29, 1.82) is 0 Å². The summed E-state index contributed by atoms with van der Waals surface area (Å²) in [5, 5.41) is 29.4. The molecule has 0 aliphatic rings. The quantitative estimate of drug-likeness (QED) is 0.0262. The average Bonchev–Trinajstić information content (AvgIpc) is 3.29. The van der Waals surface area contributed by atoms with Gasteiger partial charge in [0, 0.05) is 56.0 Å². The minimum Gasteiger partial charge on any atom is -0.507 e. The van der Waals surface area contributed by atoms with Gasteiger partial charge in [-0.25, -0.2) is 0 Å². The predicted octanol–water partition coefficient (Wildman–Crippen LogP) is 3.33. The molecule has 18 heteroatoms. The third-order valence-electron chi connectivity index (χ3n) is 11.0. The molecule has 0 bridgehead atoms. The molecule has 0 saturated carbocycles. The molecule has 1 aromatic heterocycles. The minimum absolute atomic E-state index is 0.0338. The van der Waals surface area contributed by atoms with Crippen molar-refractivity contribution in [2.75, 3.05) is 86.3 Å². The van der Waals surface area contributed by atoms with Gasteiger partial charge in [0.05, 0.1) is 12.5 Å². The maximum atomic E-state index is 14.7. The fourth-order valence-electron chi connectivity index (χ4n) is 7.37. The van der Waals surface area contributed by atoms with E-state index in [0.717, 1.165) is 37.3 Å². The van der Waals surface area contributed by atoms with Crippen LogP contribution in [0.5, 0.6) is 23.0 Å². The first-order valence-corrected chi connectivity index (χ1v) is 23.4. The van der Waals surface area contributed by atoms with E-state index in [2.05, 4.69) is 50.6 Å². The average molecular weight is 937 g/mol. The zero-order valence-electron chi connectivity index (χ0n) is 41.1. The number of phenols is 1. The lowest BCUT2D eigenvalue weighted by atomic mass is 9.98. The topological polar surface area (TPSA) is 248 Å². The van der Waals surface area contributed by atoms with E-state index in [-0.39, 0.29) is 75.2 Å². The number of aromatic hydroxyl groups is 1. The first kappa shape index (κ1) is 55.6. The van der Waals surface area contributed by atoms with Crippen molar-refractivity contribution in [3.63, 3.8) is 0 Å². The molecule has 0 aliphatic carbocycles. The number of nitrogens with zero attached hydrogens (tertiary/aromatic N) is 1. The summed E-state index contributed by atoms with van der Waals surface area (Å²) in [4.78, 5) is 69.6. The normalized spacial score (nSPS) is 12.0. The summed E-state index contributed by atoms with van der Waals surface area (Å²) in [6, 6.07) is 1.26. The fourth-order valence-corrected chi connectivity index (χ4v) is 7.37. The van der Waals surface area contributed by atoms with Crippen LogP contribution >= 0.6 is 0 Å². The maximum absolute atomic E-state index is 14.7. The van der Waals surface area contributed by atoms with E-state index < -0.39 is 42.5 Å². The first-order chi connectivity index (χ1) is 32.1. The van der Waals surface area contributed by atoms with Gasteiger partial charge in [-0.1, -0.05) is 37.1 Å². The van der Waals surface area contributed by atoms with Crippen LogP contribution in [0.25, 0.3) is 21.9 Å². The number of likely N-dealkylation sites (N-methyl/N-ethyl adjacent to an activating group) is 2. The van der Waals surface area contributed by atoms with Crippen LogP contribution in [0.1, 0.15) is 85.3 Å². The summed E-state index contributed by atoms with van der Waals surface area (Å²) in [6.07, 6.45) is 5.99. The van der Waals surface area contributed by atoms with Crippen LogP contribution in [0.3, 0.4) is 0 Å². The Morgan fingerprint density at radius 2 is 1.34 bits per heavy atom. The number of carbonyl (C=O) groups excluding carboxylic acids is 4. The van der Waals surface area contributed by atoms with Crippen LogP contribution in [0.2, 0.25) is 0 Å². The lowest BCUT2D eigenvalue weighted by Gasteiger charge is -2.20. The molecule has 1 heterocycles. The van der Waals surface area contributed by atoms with Crippen molar-refractivity contribution in [3.05, 3.63) is 56.8 Å². The standard InChI is InChI=1S/C49H76N8O10/c1-10-53-48(62)36(16-14-22-51-8)56-41(58)29-65-37-27-39-44(45(60)33(37)19-17-31(4)5)46(61)43-34(20-18-32(6)7)47(64-9)40(28-38(43)67-39)66-30-42(59)55-35(15-13-21-50)49(63)54-24-23-52-25-26-57(11-2)12-3/h17-18,27-28,35-36,51-52,60H,10-16,19-26,29-30,50H2,1-9H3,(H,53,62)(H,54,63)(H,55,59)(H,56,58). The smallest absolute Gasteiger partial charge is 0.258 e. The molecule has 4 amide bonds. The number of phenolic OH excluding ortho intramolecular Hbond substituents is 1. The number of rotatable bonds is 31. The number of hydrogen-bond acceptors (Lipinski definition) is 14. The molecule has 9 N–H and O–H groups in total. The molecule has 2 aromatic carbocycles. The van der Waals surface area contributed by atoms with Gasteiger partial charge in [0.1, 0.15) is 40.1 Å². The molecule has 0 spiro atoms. The molecule has 0 saturated heterocycles. The maximum Gasteiger partial charge on any atom is 0.258 e. The number of hydrogen-bond donors (Lipinski definition) is 8. The fraction of sp³-hybridized carbons (Fsp3) is 0.571. The number of fused-ring (bicyclic) bond motifs is 2. The van der Waals surface area contributed by atoms with Crippen LogP contribution in [0, 0.1) is 0 Å². The third kappa shape index (κ3) is 17.2. The van der Waals surface area contributed by atoms with E-state index in [4.69, 9.17) is 24.4 Å². The molecule has 0 aliphatic heterocycles. The molecule has 0 radical (unpaired) electrons. The number of benzene rings is 2. The first-order valence-electron chi connectivity index (χ1n) is 23.4. The molecule has 372 valence electrons. The van der Waals surface area contributed by atoms with Crippen LogP contribution in [-0.4, -0.2) is 132 Å². The molecule has 18 nitrogen and oxygen atoms in total. The number of nitrogens with one attached hydrogen (secondary N) is 6. The molecule has 3 aromatic rings. The number of carbonyl (C=O) groups is 4. The predicted molar refractivity (Wildman–Crippen MR) is 263 cm³/mol. The number of methoxy groups -OCH3 is 1. The zero-order chi connectivity index (χ0) is 49.5. The molecular formula is C49H76N8O10. The highest BCUT2D eigenvalue weighted by atomic mass is 16.5. The summed E-state index contributed by atoms with van der Waals surface area (Å²) < 4.78 is 24.4. The van der Waals surface area contributed by atoms with Crippen molar-refractivity contribution in [2.45, 2.75) is 99.1 Å². The van der Waals surface area contributed by atoms with Gasteiger partial charge in [0.2, 0.25) is 17.2 Å². The molecule has 2 unspecified atom stereocenters. The van der Waals surface area contributed by atoms with Gasteiger partial charge in [-0.3, -0.25) is 24.0 Å². The summed E-state index contributed by atoms with van der Waals surface area (Å²) in [6.45, 7) is 18.6. The number of ether oxygens (including phenoxy) is 3. The van der Waals surface area contributed by atoms with Gasteiger partial charge >= 0.3 is 0 Å². The Kier molecular flexibility index (Phi) is 24.2. The Morgan fingerprint density at radius 3 is 1.91 bits per heavy atom. The Labute approximate surface area is 395 Å². The van der Waals surface area contributed by atoms with E-state index in [1.807, 2.05) is 39.8 Å². The summed E-state index contributed by atoms with van der Waals surface area (Å²) >= 11 is 0. The highest BCUT2D eigenvalue weighted by molar-refractivity contribution is 5.98. The second-order valence-electron chi connectivity index (χ2n) is 16.7. The van der Waals surface area contributed by atoms with Gasteiger partial charge in [-0.15, -0.1) is 0 Å². The van der Waals surface area contributed by atoms with E-state index in [0.29, 0.717) is 64.0 Å². The Balaban J connectivity index is 2.01. The Morgan fingerprint density at radius 1 is 0.776 bits per heavy atom. The number of amides is 4. The van der Waals surface area contributed by atoms with Gasteiger partial charge in [0.25, 0.3) is 11.8 Å². The van der Waals surface area contributed by atoms with Crippen molar-refractivity contribution in [1.82, 2.24) is 36.8 Å². The zero-order valence-corrected chi connectivity index (χ0v) is 41.1. The monoisotopic (exact) mass is 937 g/mol. The summed E-state index contributed by atoms with van der Waals surface area (Å²) in [7, 11) is 3.23. The van der Waals surface area contributed by atoms with Gasteiger partial charge in [-0.05, 0) is 106 Å². The van der Waals surface area contributed by atoms with Crippen LogP contribution in [0.4, 0.5) is 0 Å². The van der Waals surface area contributed by atoms with Crippen molar-refractivity contribution in [2.24, 2.45) is 5.73 Å². The van der Waals surface area contributed by atoms with E-state index in [1.54, 1.807) is 14.0 Å². The van der Waals surface area contributed by atoms with Crippen LogP contribution < -0.4 is 57.3 Å². The molecule has 2 atom stereocenters. The van der Waals surface area contributed by atoms with Crippen molar-refractivity contribution >= 4 is 45.6 Å². The minimum atomic E-state index is -0.853. The van der Waals surface area contributed by atoms with Crippen LogP contribution in [-0.2, 0) is 32.0 Å². The SMILES string of the molecule is CCNC(=O)C(CCCNC)NC(=O)COc1cc2oc3cc(OCC(=O)NC(CCCN)C(=O)NCCNCCN(CC)CC)c(OC)c(CC=C(C)C)c3c(=O)c2c(O)c1CC=C(C)C. The van der Waals surface area contributed by atoms with Crippen molar-refractivity contribution in [3.8, 4) is 23.0 Å².